The number of aromatic nitrogens is 1. The van der Waals surface area contributed by atoms with E-state index >= 15 is 0 Å². The molecule has 2 aliphatic rings. The number of para-hydroxylation sites is 1. The van der Waals surface area contributed by atoms with Gasteiger partial charge in [-0.2, -0.15) is 0 Å². The third-order valence-corrected chi connectivity index (χ3v) is 6.57. The number of carboxylic acid groups (broad SMARTS) is 1. The molecule has 1 aromatic heterocycles. The van der Waals surface area contributed by atoms with Crippen molar-refractivity contribution in [3.8, 4) is 0 Å². The second-order valence-corrected chi connectivity index (χ2v) is 8.30. The number of nitrogens with zero attached hydrogens (tertiary/aromatic N) is 3. The molecule has 1 N–H and O–H groups in total. The van der Waals surface area contributed by atoms with E-state index in [1.807, 2.05) is 18.3 Å². The third kappa shape index (κ3) is 3.61. The number of benzene rings is 1. The molecule has 1 spiro atoms. The van der Waals surface area contributed by atoms with Crippen LogP contribution in [0.4, 0.5) is 0 Å². The van der Waals surface area contributed by atoms with Gasteiger partial charge in [-0.1, -0.05) is 18.2 Å². The number of likely N-dealkylation sites (tertiary alicyclic amines) is 2. The standard InChI is InChI=1S/C22H27N3O3/c1-16(21(27)28)25-15-22(8-6-20(25)26)9-12-24(13-10-22)14-17-7-11-23-19-5-3-2-4-18(17)19/h2-5,7,11,16H,6,8-10,12-15H2,1H3,(H,27,28). The Hall–Kier alpha value is -2.47. The number of pyridine rings is 1. The van der Waals surface area contributed by atoms with Crippen molar-refractivity contribution in [1.82, 2.24) is 14.8 Å². The number of hydrogen-bond acceptors (Lipinski definition) is 4. The van der Waals surface area contributed by atoms with Gasteiger partial charge in [-0.25, -0.2) is 4.79 Å². The smallest absolute Gasteiger partial charge is 0.326 e. The van der Waals surface area contributed by atoms with Crippen LogP contribution in [0.1, 0.15) is 38.2 Å². The fraction of sp³-hybridized carbons (Fsp3) is 0.500. The second-order valence-electron chi connectivity index (χ2n) is 8.30. The van der Waals surface area contributed by atoms with Crippen LogP contribution < -0.4 is 0 Å². The molecule has 6 nitrogen and oxygen atoms in total. The van der Waals surface area contributed by atoms with Crippen LogP contribution in [0.25, 0.3) is 10.9 Å². The predicted octanol–water partition coefficient (Wildman–Crippen LogP) is 2.91. The first-order valence-corrected chi connectivity index (χ1v) is 10.0. The summed E-state index contributed by atoms with van der Waals surface area (Å²) in [4.78, 5) is 32.1. The summed E-state index contributed by atoms with van der Waals surface area (Å²) in [5.41, 5.74) is 2.38. The Bertz CT molecular complexity index is 884. The van der Waals surface area contributed by atoms with Crippen LogP contribution in [-0.4, -0.2) is 57.4 Å². The van der Waals surface area contributed by atoms with Gasteiger partial charge in [0.25, 0.3) is 0 Å². The zero-order chi connectivity index (χ0) is 19.7. The molecule has 2 saturated heterocycles. The highest BCUT2D eigenvalue weighted by Crippen LogP contribution is 2.41. The van der Waals surface area contributed by atoms with E-state index < -0.39 is 12.0 Å². The molecule has 0 radical (unpaired) electrons. The Morgan fingerprint density at radius 1 is 1.21 bits per heavy atom. The minimum Gasteiger partial charge on any atom is -0.480 e. The van der Waals surface area contributed by atoms with Gasteiger partial charge in [0.05, 0.1) is 5.52 Å². The van der Waals surface area contributed by atoms with Crippen LogP contribution in [0.2, 0.25) is 0 Å². The van der Waals surface area contributed by atoms with Crippen LogP contribution in [0.3, 0.4) is 0 Å². The fourth-order valence-corrected chi connectivity index (χ4v) is 4.66. The summed E-state index contributed by atoms with van der Waals surface area (Å²) in [6, 6.07) is 9.59. The van der Waals surface area contributed by atoms with Crippen LogP contribution in [0.15, 0.2) is 36.5 Å². The first kappa shape index (κ1) is 18.9. The number of carbonyl (C=O) groups is 2. The molecule has 3 heterocycles. The number of amides is 1. The van der Waals surface area contributed by atoms with E-state index in [4.69, 9.17) is 0 Å². The highest BCUT2D eigenvalue weighted by Gasteiger charge is 2.43. The molecule has 2 fully saturated rings. The molecule has 2 aliphatic heterocycles. The molecule has 6 heteroatoms. The van der Waals surface area contributed by atoms with Crippen LogP contribution in [-0.2, 0) is 16.1 Å². The molecule has 0 bridgehead atoms. The average molecular weight is 381 g/mol. The molecule has 2 aromatic rings. The maximum Gasteiger partial charge on any atom is 0.326 e. The normalized spacial score (nSPS) is 21.2. The van der Waals surface area contributed by atoms with Crippen molar-refractivity contribution < 1.29 is 14.7 Å². The molecule has 1 unspecified atom stereocenters. The molecule has 0 saturated carbocycles. The van der Waals surface area contributed by atoms with E-state index in [9.17, 15) is 14.7 Å². The maximum absolute atomic E-state index is 12.2. The van der Waals surface area contributed by atoms with Gasteiger partial charge < -0.3 is 10.0 Å². The van der Waals surface area contributed by atoms with Gasteiger partial charge in [0.1, 0.15) is 6.04 Å². The zero-order valence-corrected chi connectivity index (χ0v) is 16.3. The number of fused-ring (bicyclic) bond motifs is 1. The largest absolute Gasteiger partial charge is 0.480 e. The lowest BCUT2D eigenvalue weighted by molar-refractivity contribution is -0.155. The molecule has 148 valence electrons. The summed E-state index contributed by atoms with van der Waals surface area (Å²) < 4.78 is 0. The molecule has 1 aromatic carbocycles. The first-order valence-electron chi connectivity index (χ1n) is 10.0. The van der Waals surface area contributed by atoms with Gasteiger partial charge in [0.15, 0.2) is 0 Å². The molecular formula is C22H27N3O3. The molecule has 1 atom stereocenters. The van der Waals surface area contributed by atoms with Crippen molar-refractivity contribution in [2.75, 3.05) is 19.6 Å². The Balaban J connectivity index is 1.43. The summed E-state index contributed by atoms with van der Waals surface area (Å²) in [7, 11) is 0. The molecule has 0 aliphatic carbocycles. The number of rotatable bonds is 4. The molecular weight excluding hydrogens is 354 g/mol. The van der Waals surface area contributed by atoms with Crippen molar-refractivity contribution in [3.05, 3.63) is 42.1 Å². The quantitative estimate of drug-likeness (QED) is 0.882. The van der Waals surface area contributed by atoms with Gasteiger partial charge in [-0.15, -0.1) is 0 Å². The van der Waals surface area contributed by atoms with Gasteiger partial charge >= 0.3 is 5.97 Å². The lowest BCUT2D eigenvalue weighted by Crippen LogP contribution is -2.55. The zero-order valence-electron chi connectivity index (χ0n) is 16.3. The Morgan fingerprint density at radius 2 is 1.96 bits per heavy atom. The summed E-state index contributed by atoms with van der Waals surface area (Å²) in [6.45, 7) is 5.03. The van der Waals surface area contributed by atoms with Gasteiger partial charge in [-0.05, 0) is 62.4 Å². The number of hydrogen-bond donors (Lipinski definition) is 1. The van der Waals surface area contributed by atoms with Crippen molar-refractivity contribution in [2.24, 2.45) is 5.41 Å². The van der Waals surface area contributed by atoms with Crippen LogP contribution >= 0.6 is 0 Å². The van der Waals surface area contributed by atoms with Crippen molar-refractivity contribution >= 4 is 22.8 Å². The summed E-state index contributed by atoms with van der Waals surface area (Å²) in [5, 5.41) is 10.5. The number of piperidine rings is 2. The van der Waals surface area contributed by atoms with Crippen molar-refractivity contribution in [3.63, 3.8) is 0 Å². The highest BCUT2D eigenvalue weighted by atomic mass is 16.4. The van der Waals surface area contributed by atoms with Gasteiger partial charge in [0.2, 0.25) is 5.91 Å². The molecule has 1 amide bonds. The van der Waals surface area contributed by atoms with E-state index in [0.717, 1.165) is 44.4 Å². The van der Waals surface area contributed by atoms with E-state index in [1.165, 1.54) is 10.9 Å². The molecule has 4 rings (SSSR count). The average Bonchev–Trinajstić information content (AvgIpc) is 2.71. The van der Waals surface area contributed by atoms with Crippen LogP contribution in [0.5, 0.6) is 0 Å². The minimum absolute atomic E-state index is 0.0220. The summed E-state index contributed by atoms with van der Waals surface area (Å²) >= 11 is 0. The number of carboxylic acids is 1. The lowest BCUT2D eigenvalue weighted by Gasteiger charge is -2.48. The minimum atomic E-state index is -0.924. The molecule has 28 heavy (non-hydrogen) atoms. The monoisotopic (exact) mass is 381 g/mol. The maximum atomic E-state index is 12.2. The third-order valence-electron chi connectivity index (χ3n) is 6.57. The predicted molar refractivity (Wildman–Crippen MR) is 107 cm³/mol. The Kier molecular flexibility index (Phi) is 5.06. The van der Waals surface area contributed by atoms with Gasteiger partial charge in [-0.3, -0.25) is 14.7 Å². The number of carbonyl (C=O) groups excluding carboxylic acids is 1. The Morgan fingerprint density at radius 3 is 2.71 bits per heavy atom. The highest BCUT2D eigenvalue weighted by molar-refractivity contribution is 5.84. The number of aliphatic carboxylic acids is 1. The Labute approximate surface area is 165 Å². The van der Waals surface area contributed by atoms with Gasteiger partial charge in [0, 0.05) is 31.1 Å². The summed E-state index contributed by atoms with van der Waals surface area (Å²) in [6.07, 6.45) is 5.23. The topological polar surface area (TPSA) is 73.7 Å². The van der Waals surface area contributed by atoms with E-state index in [1.54, 1.807) is 11.8 Å². The van der Waals surface area contributed by atoms with E-state index in [-0.39, 0.29) is 11.3 Å². The van der Waals surface area contributed by atoms with Crippen molar-refractivity contribution in [2.45, 2.75) is 45.2 Å². The SMILES string of the molecule is CC(C(=O)O)N1CC2(CCC1=O)CCN(Cc1ccnc3ccccc13)CC2. The van der Waals surface area contributed by atoms with Crippen LogP contribution in [0, 0.1) is 5.41 Å². The van der Waals surface area contributed by atoms with E-state index in [0.29, 0.717) is 13.0 Å². The van der Waals surface area contributed by atoms with E-state index in [2.05, 4.69) is 28.1 Å². The van der Waals surface area contributed by atoms with Crippen molar-refractivity contribution in [1.29, 1.82) is 0 Å². The second kappa shape index (κ2) is 7.51. The first-order chi connectivity index (χ1) is 13.5. The fourth-order valence-electron chi connectivity index (χ4n) is 4.66. The lowest BCUT2D eigenvalue weighted by atomic mass is 9.72. The summed E-state index contributed by atoms with van der Waals surface area (Å²) in [5.74, 6) is -0.946.